The first kappa shape index (κ1) is 16.5. The van der Waals surface area contributed by atoms with Crippen LogP contribution in [0.5, 0.6) is 0 Å². The van der Waals surface area contributed by atoms with Gasteiger partial charge in [0, 0.05) is 4.43 Å². The van der Waals surface area contributed by atoms with Crippen LogP contribution < -0.4 is 0 Å². The second-order valence-corrected chi connectivity index (χ2v) is 6.30. The fraction of sp³-hybridized carbons (Fsp3) is 0.588. The molecule has 19 heavy (non-hydrogen) atoms. The average molecular weight is 369 g/mol. The Morgan fingerprint density at radius 1 is 1.21 bits per heavy atom. The van der Waals surface area contributed by atoms with E-state index in [0.29, 0.717) is 0 Å². The van der Waals surface area contributed by atoms with Gasteiger partial charge >= 0.3 is 0 Å². The third-order valence-corrected chi connectivity index (χ3v) is 5.19. The number of hydrogen-bond donors (Lipinski definition) is 0. The SMILES string of the molecule is CCC(C)CCC(CI)CCc1ccccc1C#N. The predicted octanol–water partition coefficient (Wildman–Crippen LogP) is 5.37. The van der Waals surface area contributed by atoms with Gasteiger partial charge in [0.05, 0.1) is 11.6 Å². The Kier molecular flexibility index (Phi) is 8.13. The molecule has 0 amide bonds. The van der Waals surface area contributed by atoms with E-state index >= 15 is 0 Å². The summed E-state index contributed by atoms with van der Waals surface area (Å²) in [6.45, 7) is 4.61. The standard InChI is InChI=1S/C17H24IN/c1-3-14(2)8-9-15(12-18)10-11-16-6-4-5-7-17(16)13-19/h4-7,14-15H,3,8-12H2,1-2H3. The first-order valence-electron chi connectivity index (χ1n) is 7.25. The molecule has 0 aromatic heterocycles. The van der Waals surface area contributed by atoms with Crippen molar-refractivity contribution in [1.29, 1.82) is 5.26 Å². The minimum Gasteiger partial charge on any atom is -0.192 e. The first-order chi connectivity index (χ1) is 9.21. The van der Waals surface area contributed by atoms with E-state index in [4.69, 9.17) is 5.26 Å². The van der Waals surface area contributed by atoms with Crippen LogP contribution in [0.2, 0.25) is 0 Å². The van der Waals surface area contributed by atoms with Crippen molar-refractivity contribution in [2.24, 2.45) is 11.8 Å². The molecular formula is C17H24IN. The predicted molar refractivity (Wildman–Crippen MR) is 90.5 cm³/mol. The molecule has 1 aromatic carbocycles. The van der Waals surface area contributed by atoms with Crippen molar-refractivity contribution in [3.05, 3.63) is 35.4 Å². The lowest BCUT2D eigenvalue weighted by Gasteiger charge is -2.16. The van der Waals surface area contributed by atoms with Crippen LogP contribution in [0.1, 0.15) is 50.7 Å². The number of halogens is 1. The quantitative estimate of drug-likeness (QED) is 0.447. The maximum atomic E-state index is 9.10. The summed E-state index contributed by atoms with van der Waals surface area (Å²) in [4.78, 5) is 0. The molecule has 0 saturated heterocycles. The summed E-state index contributed by atoms with van der Waals surface area (Å²) in [5.41, 5.74) is 2.06. The molecule has 0 saturated carbocycles. The molecule has 2 unspecified atom stereocenters. The zero-order valence-corrected chi connectivity index (χ0v) is 14.2. The maximum Gasteiger partial charge on any atom is 0.0994 e. The molecule has 1 rings (SSSR count). The molecule has 104 valence electrons. The highest BCUT2D eigenvalue weighted by Crippen LogP contribution is 2.22. The Hall–Kier alpha value is -0.560. The van der Waals surface area contributed by atoms with E-state index in [0.717, 1.165) is 23.8 Å². The van der Waals surface area contributed by atoms with E-state index in [1.807, 2.05) is 18.2 Å². The number of hydrogen-bond acceptors (Lipinski definition) is 1. The van der Waals surface area contributed by atoms with Crippen molar-refractivity contribution in [3.8, 4) is 6.07 Å². The lowest BCUT2D eigenvalue weighted by atomic mass is 9.91. The highest BCUT2D eigenvalue weighted by atomic mass is 127. The van der Waals surface area contributed by atoms with Crippen LogP contribution in [-0.4, -0.2) is 4.43 Å². The Morgan fingerprint density at radius 3 is 2.58 bits per heavy atom. The van der Waals surface area contributed by atoms with Gasteiger partial charge in [-0.2, -0.15) is 5.26 Å². The Balaban J connectivity index is 2.47. The van der Waals surface area contributed by atoms with Crippen molar-refractivity contribution in [1.82, 2.24) is 0 Å². The molecule has 2 atom stereocenters. The molecular weight excluding hydrogens is 345 g/mol. The van der Waals surface area contributed by atoms with Gasteiger partial charge < -0.3 is 0 Å². The van der Waals surface area contributed by atoms with Gasteiger partial charge in [-0.25, -0.2) is 0 Å². The van der Waals surface area contributed by atoms with Crippen LogP contribution in [0, 0.1) is 23.2 Å². The maximum absolute atomic E-state index is 9.10. The molecule has 0 bridgehead atoms. The van der Waals surface area contributed by atoms with Gasteiger partial charge in [-0.15, -0.1) is 0 Å². The monoisotopic (exact) mass is 369 g/mol. The minimum absolute atomic E-state index is 0.793. The van der Waals surface area contributed by atoms with Crippen molar-refractivity contribution < 1.29 is 0 Å². The molecule has 0 fully saturated rings. The Labute approximate surface area is 131 Å². The Bertz CT molecular complexity index is 408. The van der Waals surface area contributed by atoms with Crippen LogP contribution in [0.15, 0.2) is 24.3 Å². The van der Waals surface area contributed by atoms with Gasteiger partial charge in [-0.3, -0.25) is 0 Å². The van der Waals surface area contributed by atoms with Gasteiger partial charge in [-0.05, 0) is 42.7 Å². The average Bonchev–Trinajstić information content (AvgIpc) is 2.47. The van der Waals surface area contributed by atoms with Gasteiger partial charge in [-0.1, -0.05) is 67.5 Å². The number of aryl methyl sites for hydroxylation is 1. The van der Waals surface area contributed by atoms with Crippen LogP contribution in [-0.2, 0) is 6.42 Å². The van der Waals surface area contributed by atoms with E-state index in [1.165, 1.54) is 35.7 Å². The van der Waals surface area contributed by atoms with Gasteiger partial charge in [0.1, 0.15) is 0 Å². The van der Waals surface area contributed by atoms with E-state index < -0.39 is 0 Å². The Morgan fingerprint density at radius 2 is 1.95 bits per heavy atom. The van der Waals surface area contributed by atoms with E-state index in [9.17, 15) is 0 Å². The second kappa shape index (κ2) is 9.36. The summed E-state index contributed by atoms with van der Waals surface area (Å²) in [5, 5.41) is 9.10. The van der Waals surface area contributed by atoms with Gasteiger partial charge in [0.15, 0.2) is 0 Å². The normalized spacial score (nSPS) is 13.8. The molecule has 0 aliphatic carbocycles. The molecule has 0 spiro atoms. The summed E-state index contributed by atoms with van der Waals surface area (Å²) in [6, 6.07) is 10.3. The lowest BCUT2D eigenvalue weighted by molar-refractivity contribution is 0.414. The minimum atomic E-state index is 0.793. The topological polar surface area (TPSA) is 23.8 Å². The molecule has 2 heteroatoms. The zero-order valence-electron chi connectivity index (χ0n) is 12.0. The summed E-state index contributed by atoms with van der Waals surface area (Å²) >= 11 is 2.50. The largest absolute Gasteiger partial charge is 0.192 e. The summed E-state index contributed by atoms with van der Waals surface area (Å²) < 4.78 is 1.23. The fourth-order valence-corrected chi connectivity index (χ4v) is 3.11. The van der Waals surface area contributed by atoms with Crippen LogP contribution in [0.3, 0.4) is 0 Å². The van der Waals surface area contributed by atoms with Crippen molar-refractivity contribution in [2.45, 2.75) is 46.0 Å². The van der Waals surface area contributed by atoms with Crippen LogP contribution in [0.25, 0.3) is 0 Å². The van der Waals surface area contributed by atoms with Crippen molar-refractivity contribution in [3.63, 3.8) is 0 Å². The summed E-state index contributed by atoms with van der Waals surface area (Å²) in [7, 11) is 0. The van der Waals surface area contributed by atoms with Crippen molar-refractivity contribution >= 4 is 22.6 Å². The van der Waals surface area contributed by atoms with E-state index in [2.05, 4.69) is 48.6 Å². The van der Waals surface area contributed by atoms with E-state index in [-0.39, 0.29) is 0 Å². The third-order valence-electron chi connectivity index (χ3n) is 3.94. The molecule has 0 aliphatic rings. The van der Waals surface area contributed by atoms with Crippen LogP contribution >= 0.6 is 22.6 Å². The third kappa shape index (κ3) is 5.95. The number of nitrogens with zero attached hydrogens (tertiary/aromatic N) is 1. The summed E-state index contributed by atoms with van der Waals surface area (Å²) in [6.07, 6.45) is 6.19. The summed E-state index contributed by atoms with van der Waals surface area (Å²) in [5.74, 6) is 1.64. The molecule has 0 aliphatic heterocycles. The smallest absolute Gasteiger partial charge is 0.0994 e. The molecule has 1 aromatic rings. The highest BCUT2D eigenvalue weighted by Gasteiger charge is 2.10. The number of alkyl halides is 1. The zero-order chi connectivity index (χ0) is 14.1. The molecule has 0 heterocycles. The van der Waals surface area contributed by atoms with E-state index in [1.54, 1.807) is 0 Å². The van der Waals surface area contributed by atoms with Crippen molar-refractivity contribution in [2.75, 3.05) is 4.43 Å². The molecule has 0 N–H and O–H groups in total. The second-order valence-electron chi connectivity index (χ2n) is 5.42. The van der Waals surface area contributed by atoms with Gasteiger partial charge in [0.25, 0.3) is 0 Å². The molecule has 0 radical (unpaired) electrons. The fourth-order valence-electron chi connectivity index (χ4n) is 2.23. The molecule has 1 nitrogen and oxygen atoms in total. The number of benzene rings is 1. The van der Waals surface area contributed by atoms with Gasteiger partial charge in [0.2, 0.25) is 0 Å². The highest BCUT2D eigenvalue weighted by molar-refractivity contribution is 14.1. The van der Waals surface area contributed by atoms with Crippen LogP contribution in [0.4, 0.5) is 0 Å². The lowest BCUT2D eigenvalue weighted by Crippen LogP contribution is -2.07. The number of nitriles is 1. The number of rotatable bonds is 8. The first-order valence-corrected chi connectivity index (χ1v) is 8.77.